The summed E-state index contributed by atoms with van der Waals surface area (Å²) in [6, 6.07) is 2.61. The summed E-state index contributed by atoms with van der Waals surface area (Å²) < 4.78 is 68.1. The Hall–Kier alpha value is -2.11. The molecule has 1 aromatic carbocycles. The molecule has 12 heteroatoms. The largest absolute Gasteiger partial charge is 0.477 e. The van der Waals surface area contributed by atoms with Gasteiger partial charge in [-0.3, -0.25) is 4.72 Å². The number of hydrogen-bond donors (Lipinski definition) is 3. The standard InChI is InChI=1S/C15H9ClF4N2O3S2/c16-10-4-9-13(26-10)14(12(21-9)15(23)24)27(25)22-8-3-6(17)5(1-7(8)18)2-11(19)20/h1,3-4,11,21-22H,2H2,(H,23,24). The fourth-order valence-corrected chi connectivity index (χ4v) is 4.93. The third-order valence-corrected chi connectivity index (χ3v) is 6.10. The molecule has 0 saturated heterocycles. The van der Waals surface area contributed by atoms with E-state index >= 15 is 0 Å². The quantitative estimate of drug-likeness (QED) is 0.481. The lowest BCUT2D eigenvalue weighted by molar-refractivity contribution is 0.0687. The van der Waals surface area contributed by atoms with Crippen LogP contribution in [0.15, 0.2) is 23.1 Å². The molecule has 5 nitrogen and oxygen atoms in total. The lowest BCUT2D eigenvalue weighted by Crippen LogP contribution is -2.11. The van der Waals surface area contributed by atoms with Crippen LogP contribution in [0.1, 0.15) is 16.1 Å². The number of rotatable bonds is 6. The number of hydrogen-bond acceptors (Lipinski definition) is 3. The molecule has 3 N–H and O–H groups in total. The summed E-state index contributed by atoms with van der Waals surface area (Å²) in [5.41, 5.74) is -1.16. The van der Waals surface area contributed by atoms with Crippen LogP contribution in [0.4, 0.5) is 23.2 Å². The molecular weight excluding hydrogens is 432 g/mol. The van der Waals surface area contributed by atoms with E-state index in [9.17, 15) is 31.7 Å². The van der Waals surface area contributed by atoms with Crippen LogP contribution in [-0.2, 0) is 17.4 Å². The van der Waals surface area contributed by atoms with Crippen LogP contribution in [0.25, 0.3) is 10.2 Å². The summed E-state index contributed by atoms with van der Waals surface area (Å²) in [5, 5.41) is 9.26. The molecule has 1 atom stereocenters. The van der Waals surface area contributed by atoms with Gasteiger partial charge in [0, 0.05) is 12.5 Å². The van der Waals surface area contributed by atoms with E-state index in [0.29, 0.717) is 22.0 Å². The number of halogens is 5. The number of carboxylic acid groups (broad SMARTS) is 1. The fourth-order valence-electron chi connectivity index (χ4n) is 2.39. The minimum absolute atomic E-state index is 0.189. The summed E-state index contributed by atoms with van der Waals surface area (Å²) in [6.07, 6.45) is -3.83. The molecule has 0 fully saturated rings. The third kappa shape index (κ3) is 3.94. The molecule has 0 spiro atoms. The van der Waals surface area contributed by atoms with E-state index in [1.807, 2.05) is 0 Å². The van der Waals surface area contributed by atoms with Crippen molar-refractivity contribution in [2.45, 2.75) is 17.7 Å². The van der Waals surface area contributed by atoms with Crippen molar-refractivity contribution < 1.29 is 31.7 Å². The molecule has 0 bridgehead atoms. The van der Waals surface area contributed by atoms with Crippen LogP contribution in [0.5, 0.6) is 0 Å². The number of nitrogens with one attached hydrogen (secondary N) is 2. The first-order chi connectivity index (χ1) is 12.7. The van der Waals surface area contributed by atoms with E-state index in [1.165, 1.54) is 6.07 Å². The Kier molecular flexibility index (Phi) is 5.45. The first-order valence-corrected chi connectivity index (χ1v) is 9.50. The summed E-state index contributed by atoms with van der Waals surface area (Å²) >= 11 is 6.82. The summed E-state index contributed by atoms with van der Waals surface area (Å²) in [6.45, 7) is 0. The van der Waals surface area contributed by atoms with Crippen LogP contribution < -0.4 is 4.72 Å². The molecule has 3 rings (SSSR count). The summed E-state index contributed by atoms with van der Waals surface area (Å²) in [4.78, 5) is 13.7. The number of H-pyrrole nitrogens is 1. The van der Waals surface area contributed by atoms with Crippen molar-refractivity contribution in [3.8, 4) is 0 Å². The van der Waals surface area contributed by atoms with E-state index < -0.39 is 58.4 Å². The summed E-state index contributed by atoms with van der Waals surface area (Å²) in [5.74, 6) is -3.61. The SMILES string of the molecule is O=C(O)c1[nH]c2cc(Cl)sc2c1S(=O)Nc1cc(F)c(CC(F)F)cc1F. The van der Waals surface area contributed by atoms with Crippen molar-refractivity contribution in [1.82, 2.24) is 4.98 Å². The van der Waals surface area contributed by atoms with Crippen LogP contribution in [0.3, 0.4) is 0 Å². The smallest absolute Gasteiger partial charge is 0.353 e. The van der Waals surface area contributed by atoms with Crippen molar-refractivity contribution >= 4 is 55.8 Å². The van der Waals surface area contributed by atoms with Gasteiger partial charge in [-0.05, 0) is 17.7 Å². The van der Waals surface area contributed by atoms with Crippen molar-refractivity contribution in [2.75, 3.05) is 4.72 Å². The van der Waals surface area contributed by atoms with Gasteiger partial charge in [-0.2, -0.15) is 0 Å². The number of benzene rings is 1. The number of thiophene rings is 1. The predicted octanol–water partition coefficient (Wildman–Crippen LogP) is 4.80. The normalized spacial score (nSPS) is 12.7. The van der Waals surface area contributed by atoms with E-state index in [-0.39, 0.29) is 9.60 Å². The van der Waals surface area contributed by atoms with Crippen LogP contribution in [-0.4, -0.2) is 26.7 Å². The Morgan fingerprint density at radius 2 is 2.00 bits per heavy atom. The van der Waals surface area contributed by atoms with Gasteiger partial charge in [-0.15, -0.1) is 11.3 Å². The van der Waals surface area contributed by atoms with Crippen LogP contribution in [0.2, 0.25) is 4.34 Å². The van der Waals surface area contributed by atoms with E-state index in [0.717, 1.165) is 11.3 Å². The number of carbonyl (C=O) groups is 1. The number of fused-ring (bicyclic) bond motifs is 1. The third-order valence-electron chi connectivity index (χ3n) is 3.51. The molecule has 0 aliphatic carbocycles. The number of aromatic carboxylic acids is 1. The molecule has 2 heterocycles. The number of aromatic nitrogens is 1. The molecule has 0 amide bonds. The zero-order valence-corrected chi connectivity index (χ0v) is 15.4. The van der Waals surface area contributed by atoms with Gasteiger partial charge < -0.3 is 10.1 Å². The van der Waals surface area contributed by atoms with Gasteiger partial charge >= 0.3 is 5.97 Å². The minimum atomic E-state index is -2.86. The van der Waals surface area contributed by atoms with Gasteiger partial charge in [0.2, 0.25) is 6.43 Å². The van der Waals surface area contributed by atoms with Crippen molar-refractivity contribution in [3.05, 3.63) is 45.4 Å². The molecule has 0 radical (unpaired) electrons. The van der Waals surface area contributed by atoms with E-state index in [1.54, 1.807) is 0 Å². The Labute approximate surface area is 160 Å². The average Bonchev–Trinajstić information content (AvgIpc) is 3.07. The second-order valence-electron chi connectivity index (χ2n) is 5.32. The first kappa shape index (κ1) is 19.6. The zero-order chi connectivity index (χ0) is 19.9. The molecule has 3 aromatic rings. The van der Waals surface area contributed by atoms with Crippen molar-refractivity contribution in [1.29, 1.82) is 0 Å². The molecule has 27 heavy (non-hydrogen) atoms. The average molecular weight is 441 g/mol. The number of aromatic amines is 1. The molecule has 1 unspecified atom stereocenters. The highest BCUT2D eigenvalue weighted by molar-refractivity contribution is 7.87. The highest BCUT2D eigenvalue weighted by Gasteiger charge is 2.25. The number of alkyl halides is 2. The maximum absolute atomic E-state index is 14.1. The van der Waals surface area contributed by atoms with Gasteiger partial charge in [-0.1, -0.05) is 11.6 Å². The second-order valence-corrected chi connectivity index (χ2v) is 8.15. The molecule has 144 valence electrons. The molecule has 0 aliphatic rings. The molecule has 2 aromatic heterocycles. The van der Waals surface area contributed by atoms with Gasteiger partial charge in [0.15, 0.2) is 11.0 Å². The van der Waals surface area contributed by atoms with Crippen molar-refractivity contribution in [2.24, 2.45) is 0 Å². The second kappa shape index (κ2) is 7.49. The Morgan fingerprint density at radius 1 is 1.30 bits per heavy atom. The molecule has 0 saturated carbocycles. The number of carboxylic acids is 1. The first-order valence-electron chi connectivity index (χ1n) is 7.16. The monoisotopic (exact) mass is 440 g/mol. The molecular formula is C15H9ClF4N2O3S2. The minimum Gasteiger partial charge on any atom is -0.477 e. The molecule has 0 aliphatic heterocycles. The fraction of sp³-hybridized carbons (Fsp3) is 0.133. The van der Waals surface area contributed by atoms with E-state index in [2.05, 4.69) is 9.71 Å². The van der Waals surface area contributed by atoms with Gasteiger partial charge in [-0.25, -0.2) is 26.6 Å². The van der Waals surface area contributed by atoms with Gasteiger partial charge in [0.25, 0.3) is 0 Å². The van der Waals surface area contributed by atoms with Gasteiger partial charge in [0.1, 0.15) is 22.2 Å². The lowest BCUT2D eigenvalue weighted by Gasteiger charge is -2.10. The van der Waals surface area contributed by atoms with Crippen LogP contribution >= 0.6 is 22.9 Å². The summed E-state index contributed by atoms with van der Waals surface area (Å²) in [7, 11) is -2.30. The van der Waals surface area contributed by atoms with E-state index in [4.69, 9.17) is 11.6 Å². The topological polar surface area (TPSA) is 82.2 Å². The van der Waals surface area contributed by atoms with Crippen molar-refractivity contribution in [3.63, 3.8) is 0 Å². The maximum atomic E-state index is 14.1. The Balaban J connectivity index is 1.98. The predicted molar refractivity (Wildman–Crippen MR) is 94.2 cm³/mol. The highest BCUT2D eigenvalue weighted by atomic mass is 35.5. The highest BCUT2D eigenvalue weighted by Crippen LogP contribution is 2.36. The van der Waals surface area contributed by atoms with Crippen LogP contribution in [0, 0.1) is 11.6 Å². The zero-order valence-electron chi connectivity index (χ0n) is 13.0. The van der Waals surface area contributed by atoms with Gasteiger partial charge in [0.05, 0.1) is 20.2 Å². The number of anilines is 1. The Morgan fingerprint density at radius 3 is 2.63 bits per heavy atom. The Bertz CT molecular complexity index is 1070. The lowest BCUT2D eigenvalue weighted by atomic mass is 10.1. The maximum Gasteiger partial charge on any atom is 0.353 e.